The van der Waals surface area contributed by atoms with E-state index in [-0.39, 0.29) is 11.3 Å². The normalized spacial score (nSPS) is 10.3. The number of nitrogens with one attached hydrogen (secondary N) is 1. The molecule has 0 radical (unpaired) electrons. The van der Waals surface area contributed by atoms with Gasteiger partial charge in [0.2, 0.25) is 5.75 Å². The molecule has 1 rings (SSSR count). The fraction of sp³-hybridized carbons (Fsp3) is 0.636. The predicted molar refractivity (Wildman–Crippen MR) is 67.6 cm³/mol. The summed E-state index contributed by atoms with van der Waals surface area (Å²) >= 11 is 0. The number of rotatable bonds is 7. The molecule has 6 nitrogen and oxygen atoms in total. The topological polar surface area (TPSA) is 84.2 Å². The van der Waals surface area contributed by atoms with Crippen molar-refractivity contribution in [3.63, 3.8) is 0 Å². The average molecular weight is 240 g/mol. The van der Waals surface area contributed by atoms with Gasteiger partial charge in [0.25, 0.3) is 5.56 Å². The standard InChI is InChI=1S/C11H20N4O2/c1-3-4-6-15(7-5-12)10-9(17-2)11(16)14-8-13-10/h8H,3-7,12H2,1-2H3,(H,13,14,16). The van der Waals surface area contributed by atoms with E-state index in [1.165, 1.54) is 13.4 Å². The number of hydrogen-bond donors (Lipinski definition) is 2. The van der Waals surface area contributed by atoms with Crippen molar-refractivity contribution in [3.05, 3.63) is 16.7 Å². The Morgan fingerprint density at radius 3 is 2.88 bits per heavy atom. The lowest BCUT2D eigenvalue weighted by Gasteiger charge is -2.23. The van der Waals surface area contributed by atoms with E-state index in [0.717, 1.165) is 19.4 Å². The monoisotopic (exact) mass is 240 g/mol. The summed E-state index contributed by atoms with van der Waals surface area (Å²) in [5.74, 6) is 0.812. The molecule has 0 aliphatic rings. The van der Waals surface area contributed by atoms with Crippen molar-refractivity contribution in [1.82, 2.24) is 9.97 Å². The van der Waals surface area contributed by atoms with Gasteiger partial charge in [0.15, 0.2) is 5.82 Å². The third-order valence-electron chi connectivity index (χ3n) is 2.48. The number of hydrogen-bond acceptors (Lipinski definition) is 5. The molecule has 1 aromatic rings. The van der Waals surface area contributed by atoms with Crippen LogP contribution in [0.4, 0.5) is 5.82 Å². The Morgan fingerprint density at radius 2 is 2.29 bits per heavy atom. The number of ether oxygens (including phenoxy) is 1. The minimum atomic E-state index is -0.268. The van der Waals surface area contributed by atoms with Gasteiger partial charge in [-0.2, -0.15) is 0 Å². The Bertz CT molecular complexity index is 391. The number of unbranched alkanes of at least 4 members (excludes halogenated alkanes) is 1. The van der Waals surface area contributed by atoms with Gasteiger partial charge in [-0.1, -0.05) is 13.3 Å². The first kappa shape index (κ1) is 13.5. The van der Waals surface area contributed by atoms with Crippen LogP contribution in [0.3, 0.4) is 0 Å². The third-order valence-corrected chi connectivity index (χ3v) is 2.48. The Morgan fingerprint density at radius 1 is 1.53 bits per heavy atom. The van der Waals surface area contributed by atoms with Gasteiger partial charge in [-0.3, -0.25) is 4.79 Å². The summed E-state index contributed by atoms with van der Waals surface area (Å²) in [7, 11) is 1.47. The maximum absolute atomic E-state index is 11.6. The minimum absolute atomic E-state index is 0.247. The lowest BCUT2D eigenvalue weighted by molar-refractivity contribution is 0.405. The summed E-state index contributed by atoms with van der Waals surface area (Å²) < 4.78 is 5.09. The minimum Gasteiger partial charge on any atom is -0.489 e. The largest absolute Gasteiger partial charge is 0.489 e. The van der Waals surface area contributed by atoms with Gasteiger partial charge >= 0.3 is 0 Å². The van der Waals surface area contributed by atoms with Crippen LogP contribution in [-0.4, -0.2) is 36.7 Å². The summed E-state index contributed by atoms with van der Waals surface area (Å²) in [5, 5.41) is 0. The maximum atomic E-state index is 11.6. The fourth-order valence-electron chi connectivity index (χ4n) is 1.62. The molecule has 17 heavy (non-hydrogen) atoms. The van der Waals surface area contributed by atoms with Gasteiger partial charge in [-0.25, -0.2) is 4.98 Å². The van der Waals surface area contributed by atoms with Crippen LogP contribution in [0, 0.1) is 0 Å². The number of nitrogens with two attached hydrogens (primary N) is 1. The highest BCUT2D eigenvalue weighted by Gasteiger charge is 2.15. The molecular weight excluding hydrogens is 220 g/mol. The highest BCUT2D eigenvalue weighted by Crippen LogP contribution is 2.20. The van der Waals surface area contributed by atoms with Crippen molar-refractivity contribution in [2.75, 3.05) is 31.6 Å². The molecule has 0 spiro atoms. The second-order valence-corrected chi connectivity index (χ2v) is 3.72. The number of aromatic amines is 1. The van der Waals surface area contributed by atoms with Crippen LogP contribution in [0.1, 0.15) is 19.8 Å². The van der Waals surface area contributed by atoms with Gasteiger partial charge in [-0.05, 0) is 6.42 Å². The Balaban J connectivity index is 2.99. The highest BCUT2D eigenvalue weighted by molar-refractivity contribution is 5.50. The van der Waals surface area contributed by atoms with E-state index in [4.69, 9.17) is 10.5 Å². The summed E-state index contributed by atoms with van der Waals surface area (Å²) in [4.78, 5) is 20.2. The quantitative estimate of drug-likeness (QED) is 0.718. The molecule has 0 saturated heterocycles. The first-order valence-electron chi connectivity index (χ1n) is 5.81. The Kier molecular flexibility index (Phi) is 5.48. The van der Waals surface area contributed by atoms with Gasteiger partial charge in [-0.15, -0.1) is 0 Å². The molecule has 0 aromatic carbocycles. The molecule has 0 atom stereocenters. The van der Waals surface area contributed by atoms with E-state index < -0.39 is 0 Å². The number of methoxy groups -OCH3 is 1. The molecule has 0 aliphatic carbocycles. The second-order valence-electron chi connectivity index (χ2n) is 3.72. The summed E-state index contributed by atoms with van der Waals surface area (Å²) in [6.07, 6.45) is 3.49. The summed E-state index contributed by atoms with van der Waals surface area (Å²) in [5.41, 5.74) is 5.30. The zero-order valence-electron chi connectivity index (χ0n) is 10.4. The second kappa shape index (κ2) is 6.90. The van der Waals surface area contributed by atoms with E-state index in [0.29, 0.717) is 18.9 Å². The first-order chi connectivity index (χ1) is 8.24. The zero-order chi connectivity index (χ0) is 12.7. The fourth-order valence-corrected chi connectivity index (χ4v) is 1.62. The van der Waals surface area contributed by atoms with E-state index >= 15 is 0 Å². The lowest BCUT2D eigenvalue weighted by atomic mass is 10.3. The zero-order valence-corrected chi connectivity index (χ0v) is 10.4. The molecule has 0 bridgehead atoms. The number of anilines is 1. The van der Waals surface area contributed by atoms with Crippen LogP contribution in [0.15, 0.2) is 11.1 Å². The third kappa shape index (κ3) is 3.45. The van der Waals surface area contributed by atoms with E-state index in [1.54, 1.807) is 0 Å². The highest BCUT2D eigenvalue weighted by atomic mass is 16.5. The molecule has 0 aliphatic heterocycles. The molecule has 0 fully saturated rings. The molecule has 6 heteroatoms. The van der Waals surface area contributed by atoms with Gasteiger partial charge in [0, 0.05) is 19.6 Å². The van der Waals surface area contributed by atoms with E-state index in [1.807, 2.05) is 4.90 Å². The van der Waals surface area contributed by atoms with E-state index in [2.05, 4.69) is 16.9 Å². The van der Waals surface area contributed by atoms with Crippen LogP contribution in [0.5, 0.6) is 5.75 Å². The lowest BCUT2D eigenvalue weighted by Crippen LogP contribution is -2.32. The summed E-state index contributed by atoms with van der Waals surface area (Å²) in [6.45, 7) is 4.11. The van der Waals surface area contributed by atoms with Crippen molar-refractivity contribution < 1.29 is 4.74 Å². The van der Waals surface area contributed by atoms with Gasteiger partial charge < -0.3 is 20.4 Å². The van der Waals surface area contributed by atoms with Crippen LogP contribution >= 0.6 is 0 Å². The SMILES string of the molecule is CCCCN(CCN)c1nc[nH]c(=O)c1OC. The Hall–Kier alpha value is -1.56. The molecule has 1 aromatic heterocycles. The van der Waals surface area contributed by atoms with E-state index in [9.17, 15) is 4.79 Å². The van der Waals surface area contributed by atoms with Gasteiger partial charge in [0.1, 0.15) is 0 Å². The predicted octanol–water partition coefficient (Wildman–Crippen LogP) is 0.344. The van der Waals surface area contributed by atoms with Crippen LogP contribution in [-0.2, 0) is 0 Å². The summed E-state index contributed by atoms with van der Waals surface area (Å²) in [6, 6.07) is 0. The van der Waals surface area contributed by atoms with Crippen molar-refractivity contribution >= 4 is 5.82 Å². The molecular formula is C11H20N4O2. The molecule has 96 valence electrons. The maximum Gasteiger partial charge on any atom is 0.295 e. The van der Waals surface area contributed by atoms with Crippen molar-refractivity contribution in [1.29, 1.82) is 0 Å². The number of H-pyrrole nitrogens is 1. The molecule has 0 saturated carbocycles. The first-order valence-corrected chi connectivity index (χ1v) is 5.81. The van der Waals surface area contributed by atoms with Crippen molar-refractivity contribution in [2.24, 2.45) is 5.73 Å². The van der Waals surface area contributed by atoms with Gasteiger partial charge in [0.05, 0.1) is 13.4 Å². The number of aromatic nitrogens is 2. The molecule has 1 heterocycles. The Labute approximate surface area is 101 Å². The van der Waals surface area contributed by atoms with Crippen LogP contribution in [0.2, 0.25) is 0 Å². The average Bonchev–Trinajstić information content (AvgIpc) is 2.34. The van der Waals surface area contributed by atoms with Crippen molar-refractivity contribution in [3.8, 4) is 5.75 Å². The van der Waals surface area contributed by atoms with Crippen LogP contribution < -0.4 is 20.9 Å². The van der Waals surface area contributed by atoms with Crippen molar-refractivity contribution in [2.45, 2.75) is 19.8 Å². The smallest absolute Gasteiger partial charge is 0.295 e. The number of nitrogens with zero attached hydrogens (tertiary/aromatic N) is 2. The molecule has 0 amide bonds. The molecule has 0 unspecified atom stereocenters. The van der Waals surface area contributed by atoms with Crippen LogP contribution in [0.25, 0.3) is 0 Å². The molecule has 3 N–H and O–H groups in total.